The molecule has 1 unspecified atom stereocenters. The van der Waals surface area contributed by atoms with E-state index >= 15 is 0 Å². The zero-order valence-electron chi connectivity index (χ0n) is 17.3. The maximum absolute atomic E-state index is 12.4. The van der Waals surface area contributed by atoms with Crippen molar-refractivity contribution in [3.05, 3.63) is 78.6 Å². The molecule has 0 bridgehead atoms. The smallest absolute Gasteiger partial charge is 0.319 e. The number of carbonyl (C=O) groups is 1. The molecule has 2 amide bonds. The minimum atomic E-state index is -0.281. The third kappa shape index (κ3) is 5.96. The number of methoxy groups -OCH3 is 1. The Morgan fingerprint density at radius 1 is 1.00 bits per heavy atom. The van der Waals surface area contributed by atoms with Crippen LogP contribution in [-0.4, -0.2) is 43.7 Å². The van der Waals surface area contributed by atoms with Gasteiger partial charge in [-0.2, -0.15) is 0 Å². The predicted molar refractivity (Wildman–Crippen MR) is 117 cm³/mol. The van der Waals surface area contributed by atoms with E-state index in [9.17, 15) is 4.79 Å². The number of urea groups is 1. The van der Waals surface area contributed by atoms with Crippen LogP contribution in [0.5, 0.6) is 17.2 Å². The molecule has 3 rings (SSSR count). The Hall–Kier alpha value is -3.58. The topological polar surface area (TPSA) is 75.7 Å². The predicted octanol–water partition coefficient (Wildman–Crippen LogP) is 4.31. The van der Waals surface area contributed by atoms with E-state index in [-0.39, 0.29) is 12.1 Å². The quantitative estimate of drug-likeness (QED) is 0.583. The number of likely N-dealkylation sites (N-methyl/N-ethyl adjacent to an activating group) is 1. The highest BCUT2D eigenvalue weighted by molar-refractivity contribution is 5.89. The van der Waals surface area contributed by atoms with Crippen molar-refractivity contribution in [2.75, 3.05) is 33.1 Å². The molecule has 0 aliphatic carbocycles. The molecule has 30 heavy (non-hydrogen) atoms. The molecular weight excluding hydrogens is 380 g/mol. The van der Waals surface area contributed by atoms with Gasteiger partial charge in [-0.05, 0) is 56.1 Å². The minimum absolute atomic E-state index is 0.0306. The standard InChI is InChI=1S/C23H26N4O3/c1-27(2)22(17-7-9-19(29-3)10-8-17)16-25-23(28)26-18-5-4-6-21(15-18)30-20-11-13-24-14-12-20/h4-15,22H,16H2,1-3H3,(H2,25,26,28). The van der Waals surface area contributed by atoms with Gasteiger partial charge in [0.2, 0.25) is 0 Å². The van der Waals surface area contributed by atoms with Crippen LogP contribution in [0.25, 0.3) is 0 Å². The lowest BCUT2D eigenvalue weighted by atomic mass is 10.1. The van der Waals surface area contributed by atoms with Crippen LogP contribution in [0.4, 0.5) is 10.5 Å². The number of hydrogen-bond acceptors (Lipinski definition) is 5. The van der Waals surface area contributed by atoms with Crippen LogP contribution in [-0.2, 0) is 0 Å². The zero-order valence-corrected chi connectivity index (χ0v) is 17.3. The number of aromatic nitrogens is 1. The first-order valence-electron chi connectivity index (χ1n) is 9.58. The lowest BCUT2D eigenvalue weighted by Gasteiger charge is -2.25. The van der Waals surface area contributed by atoms with Gasteiger partial charge in [0.15, 0.2) is 0 Å². The highest BCUT2D eigenvalue weighted by Gasteiger charge is 2.15. The summed E-state index contributed by atoms with van der Waals surface area (Å²) in [6.45, 7) is 0.457. The van der Waals surface area contributed by atoms with E-state index in [2.05, 4.69) is 20.5 Å². The van der Waals surface area contributed by atoms with Gasteiger partial charge in [-0.15, -0.1) is 0 Å². The summed E-state index contributed by atoms with van der Waals surface area (Å²) in [4.78, 5) is 18.5. The number of benzene rings is 2. The van der Waals surface area contributed by atoms with Crippen LogP contribution >= 0.6 is 0 Å². The fourth-order valence-corrected chi connectivity index (χ4v) is 2.97. The van der Waals surface area contributed by atoms with Gasteiger partial charge in [0.05, 0.1) is 13.2 Å². The maximum atomic E-state index is 12.4. The molecule has 0 radical (unpaired) electrons. The highest BCUT2D eigenvalue weighted by atomic mass is 16.5. The summed E-state index contributed by atoms with van der Waals surface area (Å²) in [5, 5.41) is 5.79. The number of pyridine rings is 1. The van der Waals surface area contributed by atoms with Crippen LogP contribution in [0.2, 0.25) is 0 Å². The number of ether oxygens (including phenoxy) is 2. The molecule has 0 fully saturated rings. The lowest BCUT2D eigenvalue weighted by molar-refractivity contribution is 0.243. The van der Waals surface area contributed by atoms with E-state index < -0.39 is 0 Å². The van der Waals surface area contributed by atoms with Gasteiger partial charge in [0.1, 0.15) is 17.2 Å². The monoisotopic (exact) mass is 406 g/mol. The van der Waals surface area contributed by atoms with Gasteiger partial charge in [-0.3, -0.25) is 4.98 Å². The number of nitrogens with zero attached hydrogens (tertiary/aromatic N) is 2. The van der Waals surface area contributed by atoms with Gasteiger partial charge in [0, 0.05) is 30.7 Å². The number of carbonyl (C=O) groups excluding carboxylic acids is 1. The summed E-state index contributed by atoms with van der Waals surface area (Å²) in [6.07, 6.45) is 3.32. The number of nitrogens with one attached hydrogen (secondary N) is 2. The van der Waals surface area contributed by atoms with E-state index in [4.69, 9.17) is 9.47 Å². The van der Waals surface area contributed by atoms with Crippen LogP contribution < -0.4 is 20.1 Å². The first kappa shape index (κ1) is 21.1. The molecule has 0 aliphatic rings. The van der Waals surface area contributed by atoms with Gasteiger partial charge in [-0.1, -0.05) is 18.2 Å². The molecule has 1 heterocycles. The second kappa shape index (κ2) is 10.3. The zero-order chi connectivity index (χ0) is 21.3. The third-order valence-corrected chi connectivity index (χ3v) is 4.56. The Kier molecular flexibility index (Phi) is 7.24. The van der Waals surface area contributed by atoms with Gasteiger partial charge in [-0.25, -0.2) is 4.79 Å². The summed E-state index contributed by atoms with van der Waals surface area (Å²) in [6, 6.07) is 18.4. The van der Waals surface area contributed by atoms with E-state index in [0.29, 0.717) is 23.7 Å². The van der Waals surface area contributed by atoms with Crippen molar-refractivity contribution < 1.29 is 14.3 Å². The van der Waals surface area contributed by atoms with Crippen LogP contribution in [0.3, 0.4) is 0 Å². The molecule has 1 atom stereocenters. The molecule has 0 aliphatic heterocycles. The highest BCUT2D eigenvalue weighted by Crippen LogP contribution is 2.24. The van der Waals surface area contributed by atoms with Gasteiger partial charge < -0.3 is 25.0 Å². The van der Waals surface area contributed by atoms with Crippen molar-refractivity contribution in [1.82, 2.24) is 15.2 Å². The Morgan fingerprint density at radius 2 is 1.73 bits per heavy atom. The second-order valence-corrected chi connectivity index (χ2v) is 6.90. The first-order chi connectivity index (χ1) is 14.5. The number of hydrogen-bond donors (Lipinski definition) is 2. The molecule has 0 saturated carbocycles. The first-order valence-corrected chi connectivity index (χ1v) is 9.58. The largest absolute Gasteiger partial charge is 0.497 e. The molecule has 2 N–H and O–H groups in total. The molecule has 0 saturated heterocycles. The summed E-state index contributed by atoms with van der Waals surface area (Å²) >= 11 is 0. The maximum Gasteiger partial charge on any atom is 0.319 e. The van der Waals surface area contributed by atoms with E-state index in [0.717, 1.165) is 11.3 Å². The van der Waals surface area contributed by atoms with Gasteiger partial charge >= 0.3 is 6.03 Å². The van der Waals surface area contributed by atoms with Crippen molar-refractivity contribution >= 4 is 11.7 Å². The average molecular weight is 406 g/mol. The van der Waals surface area contributed by atoms with Crippen molar-refractivity contribution in [1.29, 1.82) is 0 Å². The molecule has 7 heteroatoms. The third-order valence-electron chi connectivity index (χ3n) is 4.56. The van der Waals surface area contributed by atoms with Crippen LogP contribution in [0.15, 0.2) is 73.1 Å². The lowest BCUT2D eigenvalue weighted by Crippen LogP contribution is -2.36. The Labute approximate surface area is 176 Å². The SMILES string of the molecule is COc1ccc(C(CNC(=O)Nc2cccc(Oc3ccncc3)c2)N(C)C)cc1. The minimum Gasteiger partial charge on any atom is -0.497 e. The van der Waals surface area contributed by atoms with E-state index in [1.165, 1.54) is 0 Å². The second-order valence-electron chi connectivity index (χ2n) is 6.90. The Morgan fingerprint density at radius 3 is 2.40 bits per heavy atom. The number of anilines is 1. The Bertz CT molecular complexity index is 946. The molecule has 2 aromatic carbocycles. The fourth-order valence-electron chi connectivity index (χ4n) is 2.97. The summed E-state index contributed by atoms with van der Waals surface area (Å²) in [7, 11) is 5.60. The molecular formula is C23H26N4O3. The summed E-state index contributed by atoms with van der Waals surface area (Å²) in [5.41, 5.74) is 1.73. The Balaban J connectivity index is 1.58. The molecule has 0 spiro atoms. The number of rotatable bonds is 8. The normalized spacial score (nSPS) is 11.6. The van der Waals surface area contributed by atoms with E-state index in [1.807, 2.05) is 56.6 Å². The summed E-state index contributed by atoms with van der Waals surface area (Å²) in [5.74, 6) is 2.11. The van der Waals surface area contributed by atoms with Gasteiger partial charge in [0.25, 0.3) is 0 Å². The molecule has 3 aromatic rings. The van der Waals surface area contributed by atoms with Crippen molar-refractivity contribution in [2.24, 2.45) is 0 Å². The molecule has 1 aromatic heterocycles. The molecule has 7 nitrogen and oxygen atoms in total. The summed E-state index contributed by atoms with van der Waals surface area (Å²) < 4.78 is 11.0. The van der Waals surface area contributed by atoms with Crippen molar-refractivity contribution in [3.8, 4) is 17.2 Å². The van der Waals surface area contributed by atoms with E-state index in [1.54, 1.807) is 37.7 Å². The number of amides is 2. The molecule has 156 valence electrons. The average Bonchev–Trinajstić information content (AvgIpc) is 2.75. The fraction of sp³-hybridized carbons (Fsp3) is 0.217. The van der Waals surface area contributed by atoms with Crippen molar-refractivity contribution in [2.45, 2.75) is 6.04 Å². The van der Waals surface area contributed by atoms with Crippen LogP contribution in [0, 0.1) is 0 Å². The van der Waals surface area contributed by atoms with Crippen molar-refractivity contribution in [3.63, 3.8) is 0 Å². The van der Waals surface area contributed by atoms with Crippen LogP contribution in [0.1, 0.15) is 11.6 Å².